The van der Waals surface area contributed by atoms with Gasteiger partial charge < -0.3 is 26.4 Å². The summed E-state index contributed by atoms with van der Waals surface area (Å²) < 4.78 is 5.09. The molecule has 3 amide bonds. The van der Waals surface area contributed by atoms with E-state index in [9.17, 15) is 14.4 Å². The Labute approximate surface area is 171 Å². The van der Waals surface area contributed by atoms with Crippen LogP contribution in [0.25, 0.3) is 0 Å². The van der Waals surface area contributed by atoms with E-state index in [0.29, 0.717) is 38.8 Å². The Morgan fingerprint density at radius 2 is 1.76 bits per heavy atom. The van der Waals surface area contributed by atoms with Gasteiger partial charge in [0.1, 0.15) is 18.7 Å². The Bertz CT molecular complexity index is 693. The fraction of sp³-hybridized carbons (Fsp3) is 0.476. The zero-order valence-corrected chi connectivity index (χ0v) is 16.6. The van der Waals surface area contributed by atoms with Gasteiger partial charge in [-0.3, -0.25) is 9.59 Å². The van der Waals surface area contributed by atoms with Crippen LogP contribution in [0.1, 0.15) is 31.2 Å². The second-order valence-corrected chi connectivity index (χ2v) is 6.88. The Morgan fingerprint density at radius 1 is 0.966 bits per heavy atom. The molecule has 1 aromatic rings. The first-order chi connectivity index (χ1) is 14.1. The summed E-state index contributed by atoms with van der Waals surface area (Å²) in [5.74, 6) is -0.668. The number of rotatable bonds is 6. The van der Waals surface area contributed by atoms with Crippen molar-refractivity contribution in [2.45, 2.75) is 44.2 Å². The summed E-state index contributed by atoms with van der Waals surface area (Å²) in [6, 6.07) is 7.93. The molecule has 29 heavy (non-hydrogen) atoms. The monoisotopic (exact) mass is 402 g/mol. The molecule has 0 unspecified atom stereocenters. The molecule has 0 spiro atoms. The van der Waals surface area contributed by atoms with Gasteiger partial charge in [-0.1, -0.05) is 42.5 Å². The highest BCUT2D eigenvalue weighted by Gasteiger charge is 2.27. The number of nitrogens with one attached hydrogen (secondary N) is 3. The van der Waals surface area contributed by atoms with Crippen molar-refractivity contribution in [3.05, 3.63) is 48.0 Å². The van der Waals surface area contributed by atoms with Crippen LogP contribution in [0.15, 0.2) is 42.5 Å². The van der Waals surface area contributed by atoms with Crippen LogP contribution in [0.3, 0.4) is 0 Å². The summed E-state index contributed by atoms with van der Waals surface area (Å²) in [7, 11) is 0. The van der Waals surface area contributed by atoms with Crippen LogP contribution < -0.4 is 21.7 Å². The molecule has 1 heterocycles. The highest BCUT2D eigenvalue weighted by atomic mass is 16.5. The Morgan fingerprint density at radius 3 is 2.52 bits per heavy atom. The van der Waals surface area contributed by atoms with Crippen LogP contribution in [0.4, 0.5) is 4.79 Å². The molecule has 2 atom stereocenters. The number of amides is 3. The molecular formula is C21H30N4O4. The molecule has 8 heteroatoms. The number of unbranched alkanes of at least 4 members (excludes halogenated alkanes) is 1. The number of cyclic esters (lactones) is 1. The molecule has 158 valence electrons. The summed E-state index contributed by atoms with van der Waals surface area (Å²) in [4.78, 5) is 37.6. The lowest BCUT2D eigenvalue weighted by molar-refractivity contribution is -0.130. The summed E-state index contributed by atoms with van der Waals surface area (Å²) in [6.07, 6.45) is 5.66. The molecule has 1 aromatic carbocycles. The van der Waals surface area contributed by atoms with Gasteiger partial charge in [0.05, 0.1) is 0 Å². The molecule has 8 nitrogen and oxygen atoms in total. The lowest BCUT2D eigenvalue weighted by Crippen LogP contribution is -2.54. The number of nitrogens with two attached hydrogens (primary N) is 1. The number of hydrogen-bond acceptors (Lipinski definition) is 5. The van der Waals surface area contributed by atoms with Crippen molar-refractivity contribution in [3.8, 4) is 0 Å². The van der Waals surface area contributed by atoms with Crippen molar-refractivity contribution in [3.63, 3.8) is 0 Å². The largest absolute Gasteiger partial charge is 0.445 e. The number of ether oxygens (including phenoxy) is 1. The predicted molar refractivity (Wildman–Crippen MR) is 110 cm³/mol. The highest BCUT2D eigenvalue weighted by molar-refractivity contribution is 5.91. The van der Waals surface area contributed by atoms with Gasteiger partial charge in [0.25, 0.3) is 0 Å². The summed E-state index contributed by atoms with van der Waals surface area (Å²) in [6.45, 7) is 1.04. The number of carbonyl (C=O) groups excluding carboxylic acids is 3. The van der Waals surface area contributed by atoms with E-state index >= 15 is 0 Å². The fourth-order valence-corrected chi connectivity index (χ4v) is 2.99. The van der Waals surface area contributed by atoms with E-state index in [1.807, 2.05) is 36.4 Å². The number of alkyl carbamates (subject to hydrolysis) is 1. The molecule has 2 rings (SSSR count). The SMILES string of the molecule is NCCCC[C@@H]1NC(=O)OCC=CCCNC(=O)[C@@H](Cc2ccccc2)NC1=O. The second kappa shape index (κ2) is 12.6. The smallest absolute Gasteiger partial charge is 0.408 e. The Kier molecular flexibility index (Phi) is 9.71. The molecule has 0 radical (unpaired) electrons. The predicted octanol–water partition coefficient (Wildman–Crippen LogP) is 1.01. The number of carbonyl (C=O) groups is 3. The first-order valence-corrected chi connectivity index (χ1v) is 10.0. The maximum Gasteiger partial charge on any atom is 0.408 e. The van der Waals surface area contributed by atoms with Crippen LogP contribution in [-0.4, -0.2) is 49.7 Å². The number of benzene rings is 1. The van der Waals surface area contributed by atoms with Gasteiger partial charge in [-0.05, 0) is 37.8 Å². The minimum absolute atomic E-state index is 0.105. The van der Waals surface area contributed by atoms with E-state index in [-0.39, 0.29) is 12.5 Å². The quantitative estimate of drug-likeness (QED) is 0.418. The van der Waals surface area contributed by atoms with Crippen LogP contribution in [-0.2, 0) is 20.7 Å². The molecule has 0 saturated heterocycles. The van der Waals surface area contributed by atoms with Crippen LogP contribution in [0, 0.1) is 0 Å². The van der Waals surface area contributed by atoms with E-state index in [4.69, 9.17) is 10.5 Å². The van der Waals surface area contributed by atoms with Gasteiger partial charge in [-0.15, -0.1) is 0 Å². The van der Waals surface area contributed by atoms with Crippen molar-refractivity contribution in [1.29, 1.82) is 0 Å². The van der Waals surface area contributed by atoms with Crippen LogP contribution in [0.2, 0.25) is 0 Å². The fourth-order valence-electron chi connectivity index (χ4n) is 2.99. The van der Waals surface area contributed by atoms with Gasteiger partial charge in [0.15, 0.2) is 0 Å². The zero-order valence-electron chi connectivity index (χ0n) is 16.6. The lowest BCUT2D eigenvalue weighted by atomic mass is 10.0. The molecule has 1 aliphatic heterocycles. The standard InChI is InChI=1S/C21H30N4O4/c22-12-6-5-11-17-20(27)24-18(15-16-9-3-1-4-10-16)19(26)23-13-7-2-8-14-29-21(28)25-17/h1-4,8-10,17-18H,5-7,11-15,22H2,(H,23,26)(H,24,27)(H,25,28)/t17-,18+/m0/s1. The zero-order chi connectivity index (χ0) is 20.9. The minimum atomic E-state index is -0.799. The van der Waals surface area contributed by atoms with Gasteiger partial charge in [0.2, 0.25) is 11.8 Å². The lowest BCUT2D eigenvalue weighted by Gasteiger charge is -2.23. The maximum absolute atomic E-state index is 12.9. The van der Waals surface area contributed by atoms with Crippen molar-refractivity contribution < 1.29 is 19.1 Å². The third kappa shape index (κ3) is 8.35. The molecule has 0 aliphatic carbocycles. The first-order valence-electron chi connectivity index (χ1n) is 10.0. The Balaban J connectivity index is 2.16. The summed E-state index contributed by atoms with van der Waals surface area (Å²) >= 11 is 0. The first kappa shape index (κ1) is 22.4. The third-order valence-electron chi connectivity index (χ3n) is 4.56. The molecule has 1 aliphatic rings. The normalized spacial score (nSPS) is 21.3. The van der Waals surface area contributed by atoms with Crippen LogP contribution >= 0.6 is 0 Å². The molecule has 0 saturated carbocycles. The summed E-state index contributed by atoms with van der Waals surface area (Å²) in [5, 5.41) is 8.25. The van der Waals surface area contributed by atoms with Gasteiger partial charge in [0, 0.05) is 13.0 Å². The Hall–Kier alpha value is -2.87. The topological polar surface area (TPSA) is 123 Å². The van der Waals surface area contributed by atoms with Crippen molar-refractivity contribution >= 4 is 17.9 Å². The average Bonchev–Trinajstić information content (AvgIpc) is 2.72. The summed E-state index contributed by atoms with van der Waals surface area (Å²) in [5.41, 5.74) is 6.46. The molecule has 0 aromatic heterocycles. The van der Waals surface area contributed by atoms with E-state index in [2.05, 4.69) is 16.0 Å². The molecule has 0 fully saturated rings. The van der Waals surface area contributed by atoms with E-state index in [1.165, 1.54) is 0 Å². The molecular weight excluding hydrogens is 372 g/mol. The molecule has 5 N–H and O–H groups in total. The number of hydrogen-bond donors (Lipinski definition) is 4. The van der Waals surface area contributed by atoms with Crippen molar-refractivity contribution in [1.82, 2.24) is 16.0 Å². The van der Waals surface area contributed by atoms with Gasteiger partial charge in [-0.25, -0.2) is 4.79 Å². The van der Waals surface area contributed by atoms with Crippen molar-refractivity contribution in [2.24, 2.45) is 5.73 Å². The van der Waals surface area contributed by atoms with Gasteiger partial charge in [-0.2, -0.15) is 0 Å². The maximum atomic E-state index is 12.9. The van der Waals surface area contributed by atoms with Gasteiger partial charge >= 0.3 is 6.09 Å². The third-order valence-corrected chi connectivity index (χ3v) is 4.56. The van der Waals surface area contributed by atoms with E-state index in [0.717, 1.165) is 12.0 Å². The van der Waals surface area contributed by atoms with Crippen molar-refractivity contribution in [2.75, 3.05) is 19.7 Å². The van der Waals surface area contributed by atoms with E-state index in [1.54, 1.807) is 6.08 Å². The highest BCUT2D eigenvalue weighted by Crippen LogP contribution is 2.07. The molecule has 0 bridgehead atoms. The van der Waals surface area contributed by atoms with Crippen LogP contribution in [0.5, 0.6) is 0 Å². The second-order valence-electron chi connectivity index (χ2n) is 6.88. The average molecular weight is 402 g/mol. The minimum Gasteiger partial charge on any atom is -0.445 e. The van der Waals surface area contributed by atoms with E-state index < -0.39 is 24.1 Å².